The number of benzene rings is 1. The van der Waals surface area contributed by atoms with Crippen molar-refractivity contribution in [3.05, 3.63) is 58.1 Å². The molecule has 0 unspecified atom stereocenters. The Labute approximate surface area is 164 Å². The molecule has 0 radical (unpaired) electrons. The maximum atomic E-state index is 12.3. The quantitative estimate of drug-likeness (QED) is 0.747. The number of aromatic nitrogens is 4. The van der Waals surface area contributed by atoms with Crippen LogP contribution in [0.2, 0.25) is 0 Å². The molecule has 0 aliphatic heterocycles. The van der Waals surface area contributed by atoms with Crippen molar-refractivity contribution in [2.75, 3.05) is 5.32 Å². The van der Waals surface area contributed by atoms with Gasteiger partial charge in [-0.2, -0.15) is 5.10 Å². The lowest BCUT2D eigenvalue weighted by Gasteiger charge is -2.30. The van der Waals surface area contributed by atoms with E-state index in [1.165, 1.54) is 12.8 Å². The van der Waals surface area contributed by atoms with Crippen molar-refractivity contribution < 1.29 is 0 Å². The van der Waals surface area contributed by atoms with Gasteiger partial charge in [0.1, 0.15) is 5.82 Å². The Morgan fingerprint density at radius 1 is 0.929 bits per heavy atom. The molecule has 2 aliphatic rings. The molecule has 144 valence electrons. The number of anilines is 1. The largest absolute Gasteiger partial charge is 0.366 e. The lowest BCUT2D eigenvalue weighted by Crippen LogP contribution is -2.33. The normalized spacial score (nSPS) is 22.3. The number of fused-ring (bicyclic) bond motifs is 1. The Bertz CT molecular complexity index is 1060. The van der Waals surface area contributed by atoms with Gasteiger partial charge in [0.25, 0.3) is 5.56 Å². The zero-order chi connectivity index (χ0) is 19.1. The summed E-state index contributed by atoms with van der Waals surface area (Å²) in [4.78, 5) is 21.7. The van der Waals surface area contributed by atoms with Crippen molar-refractivity contribution in [3.63, 3.8) is 0 Å². The van der Waals surface area contributed by atoms with E-state index in [-0.39, 0.29) is 11.6 Å². The molecule has 2 fully saturated rings. The third-order valence-electron chi connectivity index (χ3n) is 5.97. The first-order chi connectivity index (χ1) is 13.7. The minimum absolute atomic E-state index is 0.0250. The van der Waals surface area contributed by atoms with Gasteiger partial charge in [-0.25, -0.2) is 14.6 Å². The Morgan fingerprint density at radius 3 is 2.36 bits per heavy atom. The average molecular weight is 375 g/mol. The fourth-order valence-corrected chi connectivity index (χ4v) is 4.18. The van der Waals surface area contributed by atoms with Gasteiger partial charge in [-0.1, -0.05) is 12.1 Å². The lowest BCUT2D eigenvalue weighted by atomic mass is 9.91. The van der Waals surface area contributed by atoms with E-state index in [1.807, 2.05) is 37.3 Å². The van der Waals surface area contributed by atoms with Gasteiger partial charge < -0.3 is 5.32 Å². The van der Waals surface area contributed by atoms with E-state index in [9.17, 15) is 4.79 Å². The van der Waals surface area contributed by atoms with Crippen molar-refractivity contribution in [1.29, 1.82) is 0 Å². The number of rotatable bonds is 4. The maximum absolute atomic E-state index is 12.3. The van der Waals surface area contributed by atoms with Gasteiger partial charge in [-0.15, -0.1) is 0 Å². The van der Waals surface area contributed by atoms with Crippen LogP contribution in [0.1, 0.15) is 61.9 Å². The summed E-state index contributed by atoms with van der Waals surface area (Å²) in [6.45, 7) is 2.00. The van der Waals surface area contributed by atoms with Crippen molar-refractivity contribution in [2.24, 2.45) is 0 Å². The Balaban J connectivity index is 1.28. The first kappa shape index (κ1) is 17.3. The number of hydrogen-bond donors (Lipinski definition) is 1. The zero-order valence-corrected chi connectivity index (χ0v) is 16.1. The van der Waals surface area contributed by atoms with Crippen LogP contribution in [0.15, 0.2) is 41.2 Å². The van der Waals surface area contributed by atoms with Crippen molar-refractivity contribution in [1.82, 2.24) is 19.7 Å². The summed E-state index contributed by atoms with van der Waals surface area (Å²) in [7, 11) is 0. The molecule has 2 aromatic heterocycles. The second-order valence-electron chi connectivity index (χ2n) is 8.11. The highest BCUT2D eigenvalue weighted by Crippen LogP contribution is 2.39. The highest BCUT2D eigenvalue weighted by Gasteiger charge is 2.28. The molecule has 0 atom stereocenters. The zero-order valence-electron chi connectivity index (χ0n) is 16.1. The topological polar surface area (TPSA) is 72.7 Å². The van der Waals surface area contributed by atoms with Crippen molar-refractivity contribution >= 4 is 16.9 Å². The summed E-state index contributed by atoms with van der Waals surface area (Å²) < 4.78 is 1.74. The molecule has 6 nitrogen and oxygen atoms in total. The van der Waals surface area contributed by atoms with Crippen LogP contribution in [-0.4, -0.2) is 25.8 Å². The predicted molar refractivity (Wildman–Crippen MR) is 110 cm³/mol. The molecule has 2 aliphatic carbocycles. The van der Waals surface area contributed by atoms with Gasteiger partial charge >= 0.3 is 0 Å². The molecular weight excluding hydrogens is 350 g/mol. The van der Waals surface area contributed by atoms with Crippen LogP contribution < -0.4 is 10.9 Å². The number of aryl methyl sites for hydroxylation is 1. The number of hydrogen-bond acceptors (Lipinski definition) is 5. The number of para-hydroxylation sites is 2. The fraction of sp³-hybridized carbons (Fsp3) is 0.455. The molecule has 1 aromatic carbocycles. The number of nitrogens with one attached hydrogen (secondary N) is 1. The molecule has 2 saturated carbocycles. The third kappa shape index (κ3) is 3.39. The first-order valence-corrected chi connectivity index (χ1v) is 10.3. The Hall–Kier alpha value is -2.76. The smallest absolute Gasteiger partial charge is 0.267 e. The Kier molecular flexibility index (Phi) is 4.34. The van der Waals surface area contributed by atoms with Gasteiger partial charge in [-0.3, -0.25) is 4.79 Å². The van der Waals surface area contributed by atoms with Crippen LogP contribution in [0.5, 0.6) is 0 Å². The van der Waals surface area contributed by atoms with Gasteiger partial charge in [-0.05, 0) is 63.6 Å². The second kappa shape index (κ2) is 7.00. The first-order valence-electron chi connectivity index (χ1n) is 10.3. The molecule has 2 heterocycles. The second-order valence-corrected chi connectivity index (χ2v) is 8.11. The van der Waals surface area contributed by atoms with Crippen molar-refractivity contribution in [2.45, 2.75) is 63.5 Å². The fourth-order valence-electron chi connectivity index (χ4n) is 4.18. The molecule has 28 heavy (non-hydrogen) atoms. The van der Waals surface area contributed by atoms with Crippen LogP contribution >= 0.6 is 0 Å². The van der Waals surface area contributed by atoms with E-state index in [2.05, 4.69) is 15.4 Å². The highest BCUT2D eigenvalue weighted by molar-refractivity contribution is 5.76. The van der Waals surface area contributed by atoms with Gasteiger partial charge in [0.2, 0.25) is 0 Å². The maximum Gasteiger partial charge on any atom is 0.267 e. The summed E-state index contributed by atoms with van der Waals surface area (Å²) in [5.74, 6) is 1.44. The summed E-state index contributed by atoms with van der Waals surface area (Å²) in [5.41, 5.74) is 3.88. The molecule has 5 rings (SSSR count). The van der Waals surface area contributed by atoms with Crippen LogP contribution in [0.25, 0.3) is 11.0 Å². The van der Waals surface area contributed by atoms with Crippen LogP contribution in [0.4, 0.5) is 5.82 Å². The molecule has 0 spiro atoms. The molecule has 6 heteroatoms. The third-order valence-corrected chi connectivity index (χ3v) is 5.97. The lowest BCUT2D eigenvalue weighted by molar-refractivity contribution is 0.301. The van der Waals surface area contributed by atoms with Crippen LogP contribution in [0, 0.1) is 6.92 Å². The minimum Gasteiger partial charge on any atom is -0.366 e. The molecule has 0 bridgehead atoms. The molecular formula is C22H25N5O. The Morgan fingerprint density at radius 2 is 1.64 bits per heavy atom. The number of nitrogens with zero attached hydrogens (tertiary/aromatic N) is 4. The van der Waals surface area contributed by atoms with E-state index in [0.717, 1.165) is 53.9 Å². The SMILES string of the molecule is Cc1nc2ccccc2nc1NC1CCC(n2nc(C3CC3)ccc2=O)CC1. The molecule has 0 saturated heterocycles. The van der Waals surface area contributed by atoms with E-state index in [0.29, 0.717) is 12.0 Å². The van der Waals surface area contributed by atoms with E-state index >= 15 is 0 Å². The average Bonchev–Trinajstić information content (AvgIpc) is 3.55. The molecule has 0 amide bonds. The summed E-state index contributed by atoms with van der Waals surface area (Å²) in [6.07, 6.45) is 6.32. The van der Waals surface area contributed by atoms with E-state index in [4.69, 9.17) is 4.98 Å². The monoisotopic (exact) mass is 375 g/mol. The van der Waals surface area contributed by atoms with Gasteiger partial charge in [0.15, 0.2) is 0 Å². The molecule has 3 aromatic rings. The van der Waals surface area contributed by atoms with Gasteiger partial charge in [0, 0.05) is 18.0 Å². The summed E-state index contributed by atoms with van der Waals surface area (Å²) in [5, 5.41) is 8.26. The van der Waals surface area contributed by atoms with Crippen LogP contribution in [-0.2, 0) is 0 Å². The standard InChI is InChI=1S/C22H25N5O/c1-14-22(25-20-5-3-2-4-19(20)23-14)24-16-8-10-17(11-9-16)27-21(28)13-12-18(26-27)15-6-7-15/h2-5,12-13,15-17H,6-11H2,1H3,(H,24,25). The van der Waals surface area contributed by atoms with E-state index in [1.54, 1.807) is 10.7 Å². The summed E-state index contributed by atoms with van der Waals surface area (Å²) in [6, 6.07) is 12.1. The van der Waals surface area contributed by atoms with Gasteiger partial charge in [0.05, 0.1) is 28.5 Å². The van der Waals surface area contributed by atoms with E-state index < -0.39 is 0 Å². The predicted octanol–water partition coefficient (Wildman–Crippen LogP) is 3.97. The van der Waals surface area contributed by atoms with Crippen LogP contribution in [0.3, 0.4) is 0 Å². The molecule has 1 N–H and O–H groups in total. The minimum atomic E-state index is 0.0250. The highest BCUT2D eigenvalue weighted by atomic mass is 16.1. The van der Waals surface area contributed by atoms with Crippen molar-refractivity contribution in [3.8, 4) is 0 Å². The summed E-state index contributed by atoms with van der Waals surface area (Å²) >= 11 is 0.